The number of benzene rings is 1. The second-order valence-corrected chi connectivity index (χ2v) is 7.50. The first-order chi connectivity index (χ1) is 14.1. The molecule has 29 heavy (non-hydrogen) atoms. The maximum Gasteiger partial charge on any atom is 0.227 e. The maximum absolute atomic E-state index is 13.2. The molecule has 3 N–H and O–H groups in total. The third-order valence-corrected chi connectivity index (χ3v) is 5.39. The number of rotatable bonds is 6. The lowest BCUT2D eigenvalue weighted by atomic mass is 10.2. The zero-order valence-electron chi connectivity index (χ0n) is 15.5. The van der Waals surface area contributed by atoms with Crippen LogP contribution in [-0.2, 0) is 6.54 Å². The second-order valence-electron chi connectivity index (χ2n) is 7.13. The van der Waals surface area contributed by atoms with Gasteiger partial charge in [0.25, 0.3) is 0 Å². The third-order valence-electron chi connectivity index (χ3n) is 4.97. The van der Waals surface area contributed by atoms with Crippen LogP contribution in [0.3, 0.4) is 0 Å². The summed E-state index contributed by atoms with van der Waals surface area (Å²) in [5, 5.41) is 10.8. The SMILES string of the molecule is CN(Cc1ccc2[nH]cnc2c1Cl)c1nccc(Nc2cc([C@@H]3C[C@H]3F)[nH]n2)n1. The van der Waals surface area contributed by atoms with Crippen LogP contribution in [0.4, 0.5) is 22.0 Å². The maximum atomic E-state index is 13.2. The molecule has 1 fully saturated rings. The van der Waals surface area contributed by atoms with Crippen molar-refractivity contribution in [2.75, 3.05) is 17.3 Å². The molecule has 0 saturated heterocycles. The van der Waals surface area contributed by atoms with Gasteiger partial charge in [-0.15, -0.1) is 0 Å². The van der Waals surface area contributed by atoms with Crippen molar-refractivity contribution in [2.45, 2.75) is 25.1 Å². The van der Waals surface area contributed by atoms with E-state index in [0.29, 0.717) is 35.6 Å². The van der Waals surface area contributed by atoms with Crippen LogP contribution in [0.1, 0.15) is 23.6 Å². The molecule has 0 aliphatic heterocycles. The normalized spacial score (nSPS) is 18.2. The first kappa shape index (κ1) is 17.9. The van der Waals surface area contributed by atoms with Gasteiger partial charge in [-0.05, 0) is 24.1 Å². The molecule has 1 aliphatic carbocycles. The van der Waals surface area contributed by atoms with E-state index in [1.165, 1.54) is 0 Å². The van der Waals surface area contributed by atoms with E-state index in [4.69, 9.17) is 11.6 Å². The summed E-state index contributed by atoms with van der Waals surface area (Å²) in [5.74, 6) is 1.66. The standard InChI is InChI=1S/C19H18ClFN8/c1-29(8-10-2-3-13-18(17(10)20)24-9-23-13)19-22-5-4-15(26-19)25-16-7-14(27-28-16)11-6-12(11)21/h2-5,7,9,11-12H,6,8H2,1H3,(H,23,24)(H2,22,25,26,27,28)/t11-,12-/m1/s1. The fourth-order valence-corrected chi connectivity index (χ4v) is 3.55. The van der Waals surface area contributed by atoms with Crippen molar-refractivity contribution < 1.29 is 4.39 Å². The second kappa shape index (κ2) is 7.00. The number of aromatic amines is 2. The smallest absolute Gasteiger partial charge is 0.227 e. The summed E-state index contributed by atoms with van der Waals surface area (Å²) in [4.78, 5) is 18.1. The summed E-state index contributed by atoms with van der Waals surface area (Å²) >= 11 is 6.50. The Bertz CT molecular complexity index is 1170. The number of fused-ring (bicyclic) bond motifs is 1. The van der Waals surface area contributed by atoms with Gasteiger partial charge in [0.1, 0.15) is 17.5 Å². The number of nitrogens with zero attached hydrogens (tertiary/aromatic N) is 5. The van der Waals surface area contributed by atoms with E-state index >= 15 is 0 Å². The van der Waals surface area contributed by atoms with Crippen LogP contribution < -0.4 is 10.2 Å². The minimum absolute atomic E-state index is 0.0678. The minimum Gasteiger partial charge on any atom is -0.345 e. The van der Waals surface area contributed by atoms with E-state index in [2.05, 4.69) is 35.5 Å². The number of imidazole rings is 1. The molecule has 3 heterocycles. The first-order valence-electron chi connectivity index (χ1n) is 9.19. The summed E-state index contributed by atoms with van der Waals surface area (Å²) < 4.78 is 13.2. The van der Waals surface area contributed by atoms with Gasteiger partial charge < -0.3 is 15.2 Å². The molecule has 0 amide bonds. The third kappa shape index (κ3) is 3.49. The summed E-state index contributed by atoms with van der Waals surface area (Å²) in [6.07, 6.45) is 3.08. The molecule has 1 aliphatic rings. The molecule has 0 radical (unpaired) electrons. The van der Waals surface area contributed by atoms with Crippen LogP contribution in [0.5, 0.6) is 0 Å². The molecule has 2 atom stereocenters. The molecule has 5 rings (SSSR count). The quantitative estimate of drug-likeness (QED) is 0.443. The monoisotopic (exact) mass is 412 g/mol. The molecule has 1 aromatic carbocycles. The highest BCUT2D eigenvalue weighted by Gasteiger charge is 2.40. The molecule has 148 valence electrons. The van der Waals surface area contributed by atoms with Gasteiger partial charge in [-0.3, -0.25) is 5.10 Å². The molecule has 0 unspecified atom stereocenters. The van der Waals surface area contributed by atoms with Gasteiger partial charge in [-0.2, -0.15) is 10.1 Å². The van der Waals surface area contributed by atoms with Gasteiger partial charge in [0.05, 0.1) is 16.9 Å². The molecular weight excluding hydrogens is 395 g/mol. The number of hydrogen-bond acceptors (Lipinski definition) is 6. The van der Waals surface area contributed by atoms with E-state index < -0.39 is 6.17 Å². The van der Waals surface area contributed by atoms with Crippen LogP contribution in [0, 0.1) is 0 Å². The first-order valence-corrected chi connectivity index (χ1v) is 9.57. The highest BCUT2D eigenvalue weighted by molar-refractivity contribution is 6.35. The number of halogens is 2. The molecule has 0 bridgehead atoms. The van der Waals surface area contributed by atoms with Gasteiger partial charge in [0.2, 0.25) is 5.95 Å². The predicted octanol–water partition coefficient (Wildman–Crippen LogP) is 3.93. The Kier molecular flexibility index (Phi) is 4.31. The van der Waals surface area contributed by atoms with Crippen molar-refractivity contribution in [2.24, 2.45) is 0 Å². The summed E-state index contributed by atoms with van der Waals surface area (Å²) in [5.41, 5.74) is 3.37. The molecule has 1 saturated carbocycles. The van der Waals surface area contributed by atoms with E-state index in [1.54, 1.807) is 18.6 Å². The van der Waals surface area contributed by atoms with Gasteiger partial charge >= 0.3 is 0 Å². The molecule has 10 heteroatoms. The topological polar surface area (TPSA) is 98.4 Å². The highest BCUT2D eigenvalue weighted by Crippen LogP contribution is 2.43. The number of hydrogen-bond donors (Lipinski definition) is 3. The summed E-state index contributed by atoms with van der Waals surface area (Å²) in [6.45, 7) is 0.525. The molecule has 8 nitrogen and oxygen atoms in total. The van der Waals surface area contributed by atoms with Crippen LogP contribution in [0.2, 0.25) is 5.02 Å². The number of aromatic nitrogens is 6. The van der Waals surface area contributed by atoms with E-state index in [9.17, 15) is 4.39 Å². The molecule has 4 aromatic rings. The van der Waals surface area contributed by atoms with Crippen LogP contribution in [-0.4, -0.2) is 43.4 Å². The van der Waals surface area contributed by atoms with Gasteiger partial charge in [-0.25, -0.2) is 14.4 Å². The Morgan fingerprint density at radius 3 is 2.97 bits per heavy atom. The van der Waals surface area contributed by atoms with Crippen molar-refractivity contribution in [1.82, 2.24) is 30.1 Å². The predicted molar refractivity (Wildman–Crippen MR) is 109 cm³/mol. The number of H-pyrrole nitrogens is 2. The van der Waals surface area contributed by atoms with Crippen LogP contribution in [0.25, 0.3) is 11.0 Å². The van der Waals surface area contributed by atoms with Gasteiger partial charge in [0.15, 0.2) is 5.82 Å². The van der Waals surface area contributed by atoms with Crippen molar-refractivity contribution in [3.63, 3.8) is 0 Å². The largest absolute Gasteiger partial charge is 0.345 e. The Morgan fingerprint density at radius 2 is 2.14 bits per heavy atom. The highest BCUT2D eigenvalue weighted by atomic mass is 35.5. The number of alkyl halides is 1. The average Bonchev–Trinajstić information content (AvgIpc) is 3.11. The Labute approximate surface area is 170 Å². The lowest BCUT2D eigenvalue weighted by molar-refractivity contribution is 0.466. The lowest BCUT2D eigenvalue weighted by Gasteiger charge is -2.18. The summed E-state index contributed by atoms with van der Waals surface area (Å²) in [6, 6.07) is 7.48. The van der Waals surface area contributed by atoms with Gasteiger partial charge in [0, 0.05) is 37.5 Å². The fraction of sp³-hybridized carbons (Fsp3) is 0.263. The lowest BCUT2D eigenvalue weighted by Crippen LogP contribution is -2.19. The Morgan fingerprint density at radius 1 is 1.28 bits per heavy atom. The number of nitrogens with one attached hydrogen (secondary N) is 3. The van der Waals surface area contributed by atoms with E-state index in [0.717, 1.165) is 22.3 Å². The van der Waals surface area contributed by atoms with Crippen LogP contribution in [0.15, 0.2) is 36.8 Å². The zero-order valence-corrected chi connectivity index (χ0v) is 16.3. The Hall–Kier alpha value is -3.20. The van der Waals surface area contributed by atoms with Crippen molar-refractivity contribution in [3.8, 4) is 0 Å². The fourth-order valence-electron chi connectivity index (χ4n) is 3.27. The van der Waals surface area contributed by atoms with Crippen molar-refractivity contribution in [1.29, 1.82) is 0 Å². The minimum atomic E-state index is -0.768. The summed E-state index contributed by atoms with van der Waals surface area (Å²) in [7, 11) is 1.89. The molecule has 3 aromatic heterocycles. The molecule has 0 spiro atoms. The van der Waals surface area contributed by atoms with E-state index in [1.807, 2.05) is 30.1 Å². The number of anilines is 3. The van der Waals surface area contributed by atoms with Crippen molar-refractivity contribution >= 4 is 40.2 Å². The zero-order chi connectivity index (χ0) is 20.0. The van der Waals surface area contributed by atoms with Crippen molar-refractivity contribution in [3.05, 3.63) is 53.1 Å². The average molecular weight is 413 g/mol. The molecular formula is C19H18ClFN8. The Balaban J connectivity index is 1.32. The van der Waals surface area contributed by atoms with Gasteiger partial charge in [-0.1, -0.05) is 17.7 Å². The van der Waals surface area contributed by atoms with Crippen LogP contribution >= 0.6 is 11.6 Å². The van der Waals surface area contributed by atoms with E-state index in [-0.39, 0.29) is 5.92 Å².